The third-order valence-corrected chi connectivity index (χ3v) is 3.16. The van der Waals surface area contributed by atoms with Gasteiger partial charge in [0.05, 0.1) is 0 Å². The molecule has 17 heavy (non-hydrogen) atoms. The van der Waals surface area contributed by atoms with E-state index in [0.717, 1.165) is 29.3 Å². The quantitative estimate of drug-likeness (QED) is 0.934. The van der Waals surface area contributed by atoms with E-state index >= 15 is 0 Å². The second-order valence-electron chi connectivity index (χ2n) is 4.04. The molecule has 0 aliphatic carbocycles. The third kappa shape index (κ3) is 3.56. The van der Waals surface area contributed by atoms with Gasteiger partial charge in [0.25, 0.3) is 0 Å². The standard InChI is InChI=1S/C14H15BrN2/c15-13-9-12(14(16)17-10-13)8-4-7-11-5-2-1-3-6-11/h1-3,5-6,9-10H,4,7-8H2,(H2,16,17). The lowest BCUT2D eigenvalue weighted by atomic mass is 10.0. The topological polar surface area (TPSA) is 38.9 Å². The van der Waals surface area contributed by atoms with Gasteiger partial charge < -0.3 is 5.73 Å². The summed E-state index contributed by atoms with van der Waals surface area (Å²) in [6, 6.07) is 12.5. The van der Waals surface area contributed by atoms with Crippen LogP contribution in [-0.4, -0.2) is 4.98 Å². The Labute approximate surface area is 110 Å². The van der Waals surface area contributed by atoms with Crippen molar-refractivity contribution < 1.29 is 0 Å². The van der Waals surface area contributed by atoms with Crippen molar-refractivity contribution in [2.75, 3.05) is 5.73 Å². The van der Waals surface area contributed by atoms with Gasteiger partial charge in [0.2, 0.25) is 0 Å². The Morgan fingerprint density at radius 1 is 1.12 bits per heavy atom. The summed E-state index contributed by atoms with van der Waals surface area (Å²) < 4.78 is 0.987. The highest BCUT2D eigenvalue weighted by atomic mass is 79.9. The Bertz CT molecular complexity index is 483. The molecule has 0 spiro atoms. The smallest absolute Gasteiger partial charge is 0.126 e. The molecule has 0 bridgehead atoms. The second kappa shape index (κ2) is 5.82. The lowest BCUT2D eigenvalue weighted by Gasteiger charge is -2.05. The van der Waals surface area contributed by atoms with Crippen LogP contribution in [0.3, 0.4) is 0 Å². The summed E-state index contributed by atoms with van der Waals surface area (Å²) in [5.74, 6) is 0.640. The van der Waals surface area contributed by atoms with Crippen molar-refractivity contribution in [2.45, 2.75) is 19.3 Å². The van der Waals surface area contributed by atoms with Crippen LogP contribution in [-0.2, 0) is 12.8 Å². The summed E-state index contributed by atoms with van der Waals surface area (Å²) in [5, 5.41) is 0. The monoisotopic (exact) mass is 290 g/mol. The van der Waals surface area contributed by atoms with E-state index in [4.69, 9.17) is 5.73 Å². The first-order chi connectivity index (χ1) is 8.25. The number of nitrogen functional groups attached to an aromatic ring is 1. The molecule has 0 unspecified atom stereocenters. The Balaban J connectivity index is 1.92. The van der Waals surface area contributed by atoms with Crippen LogP contribution in [0.15, 0.2) is 47.1 Å². The van der Waals surface area contributed by atoms with Gasteiger partial charge >= 0.3 is 0 Å². The van der Waals surface area contributed by atoms with E-state index in [9.17, 15) is 0 Å². The first kappa shape index (κ1) is 12.1. The summed E-state index contributed by atoms with van der Waals surface area (Å²) in [4.78, 5) is 4.14. The molecule has 0 amide bonds. The van der Waals surface area contributed by atoms with Gasteiger partial charge in [-0.1, -0.05) is 30.3 Å². The predicted molar refractivity (Wildman–Crippen MR) is 74.8 cm³/mol. The van der Waals surface area contributed by atoms with Gasteiger partial charge in [-0.15, -0.1) is 0 Å². The molecule has 0 atom stereocenters. The van der Waals surface area contributed by atoms with Gasteiger partial charge in [0, 0.05) is 10.7 Å². The molecule has 2 nitrogen and oxygen atoms in total. The third-order valence-electron chi connectivity index (χ3n) is 2.72. The van der Waals surface area contributed by atoms with E-state index in [1.54, 1.807) is 6.20 Å². The zero-order valence-electron chi connectivity index (χ0n) is 9.57. The number of aryl methyl sites for hydroxylation is 2. The van der Waals surface area contributed by atoms with E-state index in [-0.39, 0.29) is 0 Å². The Kier molecular flexibility index (Phi) is 4.15. The second-order valence-corrected chi connectivity index (χ2v) is 4.95. The minimum Gasteiger partial charge on any atom is -0.383 e. The fourth-order valence-corrected chi connectivity index (χ4v) is 2.20. The fourth-order valence-electron chi connectivity index (χ4n) is 1.82. The Morgan fingerprint density at radius 2 is 1.88 bits per heavy atom. The molecule has 88 valence electrons. The largest absolute Gasteiger partial charge is 0.383 e. The van der Waals surface area contributed by atoms with Crippen molar-refractivity contribution in [2.24, 2.45) is 0 Å². The van der Waals surface area contributed by atoms with Crippen molar-refractivity contribution in [1.82, 2.24) is 4.98 Å². The fraction of sp³-hybridized carbons (Fsp3) is 0.214. The molecule has 1 aromatic heterocycles. The number of nitrogens with two attached hydrogens (primary N) is 1. The predicted octanol–water partition coefficient (Wildman–Crippen LogP) is 3.60. The molecule has 3 heteroatoms. The van der Waals surface area contributed by atoms with Crippen molar-refractivity contribution in [3.8, 4) is 0 Å². The van der Waals surface area contributed by atoms with Crippen LogP contribution in [0.4, 0.5) is 5.82 Å². The number of aromatic nitrogens is 1. The van der Waals surface area contributed by atoms with Crippen LogP contribution in [0.1, 0.15) is 17.5 Å². The van der Waals surface area contributed by atoms with E-state index in [0.29, 0.717) is 5.82 Å². The minimum absolute atomic E-state index is 0.640. The average Bonchev–Trinajstić information content (AvgIpc) is 2.35. The summed E-state index contributed by atoms with van der Waals surface area (Å²) in [6.45, 7) is 0. The maximum absolute atomic E-state index is 5.84. The number of benzene rings is 1. The maximum Gasteiger partial charge on any atom is 0.126 e. The van der Waals surface area contributed by atoms with Crippen molar-refractivity contribution in [3.05, 3.63) is 58.2 Å². The van der Waals surface area contributed by atoms with Crippen LogP contribution in [0.25, 0.3) is 0 Å². The van der Waals surface area contributed by atoms with Crippen LogP contribution in [0.5, 0.6) is 0 Å². The normalized spacial score (nSPS) is 10.4. The first-order valence-electron chi connectivity index (χ1n) is 5.69. The number of pyridine rings is 1. The van der Waals surface area contributed by atoms with Gasteiger partial charge in [-0.05, 0) is 52.4 Å². The number of nitrogens with zero attached hydrogens (tertiary/aromatic N) is 1. The molecule has 0 saturated heterocycles. The molecular weight excluding hydrogens is 276 g/mol. The average molecular weight is 291 g/mol. The molecule has 2 N–H and O–H groups in total. The maximum atomic E-state index is 5.84. The number of hydrogen-bond donors (Lipinski definition) is 1. The zero-order chi connectivity index (χ0) is 12.1. The van der Waals surface area contributed by atoms with E-state index in [1.807, 2.05) is 12.1 Å². The highest BCUT2D eigenvalue weighted by molar-refractivity contribution is 9.10. The number of hydrogen-bond acceptors (Lipinski definition) is 2. The van der Waals surface area contributed by atoms with Gasteiger partial charge in [-0.3, -0.25) is 0 Å². The molecule has 1 aromatic carbocycles. The molecule has 1 heterocycles. The Morgan fingerprint density at radius 3 is 2.65 bits per heavy atom. The SMILES string of the molecule is Nc1ncc(Br)cc1CCCc1ccccc1. The van der Waals surface area contributed by atoms with Crippen molar-refractivity contribution >= 4 is 21.7 Å². The van der Waals surface area contributed by atoms with Crippen LogP contribution >= 0.6 is 15.9 Å². The first-order valence-corrected chi connectivity index (χ1v) is 6.49. The number of rotatable bonds is 4. The lowest BCUT2D eigenvalue weighted by molar-refractivity contribution is 0.819. The summed E-state index contributed by atoms with van der Waals surface area (Å²) in [7, 11) is 0. The minimum atomic E-state index is 0.640. The number of halogens is 1. The Hall–Kier alpha value is -1.35. The molecule has 2 aromatic rings. The number of anilines is 1. The summed E-state index contributed by atoms with van der Waals surface area (Å²) >= 11 is 3.42. The summed E-state index contributed by atoms with van der Waals surface area (Å²) in [5.41, 5.74) is 8.33. The lowest BCUT2D eigenvalue weighted by Crippen LogP contribution is -1.98. The zero-order valence-corrected chi connectivity index (χ0v) is 11.2. The van der Waals surface area contributed by atoms with Gasteiger partial charge in [0.15, 0.2) is 0 Å². The van der Waals surface area contributed by atoms with Gasteiger partial charge in [-0.25, -0.2) is 4.98 Å². The molecule has 0 aliphatic rings. The molecule has 0 radical (unpaired) electrons. The van der Waals surface area contributed by atoms with E-state index < -0.39 is 0 Å². The molecule has 0 aliphatic heterocycles. The van der Waals surface area contributed by atoms with Crippen molar-refractivity contribution in [3.63, 3.8) is 0 Å². The highest BCUT2D eigenvalue weighted by Gasteiger charge is 2.01. The van der Waals surface area contributed by atoms with E-state index in [2.05, 4.69) is 45.2 Å². The highest BCUT2D eigenvalue weighted by Crippen LogP contribution is 2.17. The summed E-state index contributed by atoms with van der Waals surface area (Å²) in [6.07, 6.45) is 4.86. The van der Waals surface area contributed by atoms with Gasteiger partial charge in [-0.2, -0.15) is 0 Å². The van der Waals surface area contributed by atoms with Crippen molar-refractivity contribution in [1.29, 1.82) is 0 Å². The molecule has 0 fully saturated rings. The van der Waals surface area contributed by atoms with Crippen LogP contribution < -0.4 is 5.73 Å². The molecular formula is C14H15BrN2. The van der Waals surface area contributed by atoms with Crippen LogP contribution in [0, 0.1) is 0 Å². The van der Waals surface area contributed by atoms with E-state index in [1.165, 1.54) is 5.56 Å². The van der Waals surface area contributed by atoms with Crippen LogP contribution in [0.2, 0.25) is 0 Å². The molecule has 0 saturated carbocycles. The van der Waals surface area contributed by atoms with Gasteiger partial charge in [0.1, 0.15) is 5.82 Å². The molecule has 2 rings (SSSR count).